The van der Waals surface area contributed by atoms with Crippen molar-refractivity contribution < 1.29 is 19.0 Å². The molecule has 0 aliphatic carbocycles. The third kappa shape index (κ3) is 4.55. The van der Waals surface area contributed by atoms with Crippen molar-refractivity contribution in [1.29, 1.82) is 0 Å². The molecule has 1 unspecified atom stereocenters. The summed E-state index contributed by atoms with van der Waals surface area (Å²) in [7, 11) is 1.79. The van der Waals surface area contributed by atoms with Gasteiger partial charge in [-0.15, -0.1) is 0 Å². The lowest BCUT2D eigenvalue weighted by Gasteiger charge is -2.28. The maximum atomic E-state index is 11.8. The van der Waals surface area contributed by atoms with E-state index in [1.54, 1.807) is 7.05 Å². The highest BCUT2D eigenvalue weighted by atomic mass is 16.6. The first kappa shape index (κ1) is 15.4. The zero-order valence-corrected chi connectivity index (χ0v) is 11.7. The van der Waals surface area contributed by atoms with Crippen molar-refractivity contribution in [1.82, 2.24) is 5.32 Å². The van der Waals surface area contributed by atoms with Gasteiger partial charge in [-0.25, -0.2) is 0 Å². The maximum Gasteiger partial charge on any atom is 0.326 e. The first-order valence-electron chi connectivity index (χ1n) is 6.68. The molecule has 0 saturated carbocycles. The van der Waals surface area contributed by atoms with E-state index in [0.717, 1.165) is 39.1 Å². The van der Waals surface area contributed by atoms with Gasteiger partial charge in [-0.05, 0) is 40.2 Å². The largest absolute Gasteiger partial charge is 0.465 e. The van der Waals surface area contributed by atoms with Gasteiger partial charge in [0.25, 0.3) is 0 Å². The average Bonchev–Trinajstić information content (AvgIpc) is 2.31. The average molecular weight is 259 g/mol. The van der Waals surface area contributed by atoms with Crippen LogP contribution in [-0.4, -0.2) is 51.1 Å². The highest BCUT2D eigenvalue weighted by Crippen LogP contribution is 2.16. The lowest BCUT2D eigenvalue weighted by Crippen LogP contribution is -2.48. The minimum atomic E-state index is -0.588. The number of rotatable bonds is 9. The van der Waals surface area contributed by atoms with Gasteiger partial charge in [-0.3, -0.25) is 4.79 Å². The second-order valence-corrected chi connectivity index (χ2v) is 4.79. The number of esters is 1. The molecule has 1 atom stereocenters. The van der Waals surface area contributed by atoms with Crippen LogP contribution < -0.4 is 5.32 Å². The number of hydrogen-bond donors (Lipinski definition) is 1. The van der Waals surface area contributed by atoms with Gasteiger partial charge >= 0.3 is 5.97 Å². The predicted octanol–water partition coefficient (Wildman–Crippen LogP) is 1.11. The molecule has 0 aromatic carbocycles. The topological polar surface area (TPSA) is 56.8 Å². The summed E-state index contributed by atoms with van der Waals surface area (Å²) in [6.07, 6.45) is 2.93. The van der Waals surface area contributed by atoms with E-state index in [1.807, 2.05) is 13.8 Å². The number of likely N-dealkylation sites (N-methyl/N-ethyl adjacent to an activating group) is 1. The van der Waals surface area contributed by atoms with Gasteiger partial charge in [0.15, 0.2) is 0 Å². The zero-order chi connectivity index (χ0) is 13.4. The van der Waals surface area contributed by atoms with E-state index >= 15 is 0 Å². The third-order valence-electron chi connectivity index (χ3n) is 3.31. The molecule has 0 bridgehead atoms. The Morgan fingerprint density at radius 1 is 1.44 bits per heavy atom. The summed E-state index contributed by atoms with van der Waals surface area (Å²) in [6.45, 7) is 6.29. The Bertz CT molecular complexity index is 255. The van der Waals surface area contributed by atoms with Crippen molar-refractivity contribution >= 4 is 5.97 Å². The normalized spacial score (nSPS) is 19.1. The fourth-order valence-electron chi connectivity index (χ4n) is 1.76. The number of carbonyl (C=O) groups excluding carboxylic acids is 1. The number of carbonyl (C=O) groups is 1. The summed E-state index contributed by atoms with van der Waals surface area (Å²) in [6, 6.07) is 0. The molecule has 1 fully saturated rings. The highest BCUT2D eigenvalue weighted by molar-refractivity contribution is 5.80. The van der Waals surface area contributed by atoms with Crippen LogP contribution in [0.4, 0.5) is 0 Å². The van der Waals surface area contributed by atoms with Gasteiger partial charge in [-0.1, -0.05) is 0 Å². The molecule has 1 N–H and O–H groups in total. The fraction of sp³-hybridized carbons (Fsp3) is 0.923. The van der Waals surface area contributed by atoms with E-state index in [4.69, 9.17) is 14.2 Å². The van der Waals surface area contributed by atoms with Crippen LogP contribution in [0.3, 0.4) is 0 Å². The van der Waals surface area contributed by atoms with Crippen molar-refractivity contribution in [3.05, 3.63) is 0 Å². The maximum absolute atomic E-state index is 11.8. The molecule has 1 aliphatic rings. The second kappa shape index (κ2) is 7.71. The number of hydrogen-bond acceptors (Lipinski definition) is 5. The molecule has 0 amide bonds. The minimum Gasteiger partial charge on any atom is -0.465 e. The van der Waals surface area contributed by atoms with Crippen LogP contribution in [-0.2, 0) is 19.0 Å². The van der Waals surface area contributed by atoms with Crippen molar-refractivity contribution in [3.63, 3.8) is 0 Å². The minimum absolute atomic E-state index is 0.180. The molecule has 1 saturated heterocycles. The third-order valence-corrected chi connectivity index (χ3v) is 3.31. The SMILES string of the molecule is CCOC(=O)C(C)(CCCCOC1COC1)NC. The van der Waals surface area contributed by atoms with E-state index < -0.39 is 5.54 Å². The van der Waals surface area contributed by atoms with E-state index in [1.165, 1.54) is 0 Å². The van der Waals surface area contributed by atoms with Gasteiger partial charge in [0.2, 0.25) is 0 Å². The summed E-state index contributed by atoms with van der Waals surface area (Å²) in [5.41, 5.74) is -0.588. The van der Waals surface area contributed by atoms with Crippen molar-refractivity contribution in [3.8, 4) is 0 Å². The second-order valence-electron chi connectivity index (χ2n) is 4.79. The molecular formula is C13H25NO4. The fourth-order valence-corrected chi connectivity index (χ4v) is 1.76. The summed E-state index contributed by atoms with van der Waals surface area (Å²) in [4.78, 5) is 11.8. The van der Waals surface area contributed by atoms with Crippen LogP contribution in [0.1, 0.15) is 33.1 Å². The number of nitrogens with one attached hydrogen (secondary N) is 1. The Kier molecular flexibility index (Phi) is 6.60. The lowest BCUT2D eigenvalue weighted by atomic mass is 9.95. The van der Waals surface area contributed by atoms with Crippen LogP contribution in [0.25, 0.3) is 0 Å². The quantitative estimate of drug-likeness (QED) is 0.496. The molecule has 0 aromatic rings. The molecule has 1 rings (SSSR count). The van der Waals surface area contributed by atoms with Gasteiger partial charge in [-0.2, -0.15) is 0 Å². The molecule has 1 aliphatic heterocycles. The lowest BCUT2D eigenvalue weighted by molar-refractivity contribution is -0.150. The molecular weight excluding hydrogens is 234 g/mol. The van der Waals surface area contributed by atoms with E-state index in [0.29, 0.717) is 6.61 Å². The summed E-state index contributed by atoms with van der Waals surface area (Å²) in [5.74, 6) is -0.180. The highest BCUT2D eigenvalue weighted by Gasteiger charge is 2.32. The Hall–Kier alpha value is -0.650. The Morgan fingerprint density at radius 2 is 2.17 bits per heavy atom. The first-order valence-corrected chi connectivity index (χ1v) is 6.68. The van der Waals surface area contributed by atoms with Gasteiger partial charge in [0.1, 0.15) is 11.6 Å². The molecule has 1 heterocycles. The van der Waals surface area contributed by atoms with Crippen molar-refractivity contribution in [2.24, 2.45) is 0 Å². The molecule has 0 aromatic heterocycles. The van der Waals surface area contributed by atoms with Gasteiger partial charge in [0, 0.05) is 6.61 Å². The standard InChI is InChI=1S/C13H25NO4/c1-4-17-12(15)13(2,14-3)7-5-6-8-18-11-9-16-10-11/h11,14H,4-10H2,1-3H3. The zero-order valence-electron chi connectivity index (χ0n) is 11.7. The van der Waals surface area contributed by atoms with E-state index in [9.17, 15) is 4.79 Å². The monoisotopic (exact) mass is 259 g/mol. The Labute approximate surface area is 109 Å². The predicted molar refractivity (Wildman–Crippen MR) is 68.5 cm³/mol. The summed E-state index contributed by atoms with van der Waals surface area (Å²) in [5, 5.41) is 3.05. The first-order chi connectivity index (χ1) is 8.62. The van der Waals surface area contributed by atoms with Gasteiger partial charge < -0.3 is 19.5 Å². The smallest absolute Gasteiger partial charge is 0.326 e. The van der Waals surface area contributed by atoms with Crippen LogP contribution in [0, 0.1) is 0 Å². The molecule has 5 heteroatoms. The molecule has 0 spiro atoms. The molecule has 18 heavy (non-hydrogen) atoms. The van der Waals surface area contributed by atoms with Crippen LogP contribution >= 0.6 is 0 Å². The Balaban J connectivity index is 2.14. The molecule has 5 nitrogen and oxygen atoms in total. The summed E-state index contributed by atoms with van der Waals surface area (Å²) < 4.78 is 15.7. The number of unbranched alkanes of at least 4 members (excludes halogenated alkanes) is 1. The molecule has 0 radical (unpaired) electrons. The number of ether oxygens (including phenoxy) is 3. The Morgan fingerprint density at radius 3 is 2.67 bits per heavy atom. The summed E-state index contributed by atoms with van der Waals surface area (Å²) >= 11 is 0. The molecule has 106 valence electrons. The van der Waals surface area contributed by atoms with Crippen molar-refractivity contribution in [2.75, 3.05) is 33.5 Å². The van der Waals surface area contributed by atoms with E-state index in [-0.39, 0.29) is 12.1 Å². The van der Waals surface area contributed by atoms with Crippen LogP contribution in [0.15, 0.2) is 0 Å². The van der Waals surface area contributed by atoms with E-state index in [2.05, 4.69) is 5.32 Å². The van der Waals surface area contributed by atoms with Gasteiger partial charge in [0.05, 0.1) is 19.8 Å². The van der Waals surface area contributed by atoms with Crippen LogP contribution in [0.2, 0.25) is 0 Å². The van der Waals surface area contributed by atoms with Crippen LogP contribution in [0.5, 0.6) is 0 Å². The van der Waals surface area contributed by atoms with Crippen molar-refractivity contribution in [2.45, 2.75) is 44.8 Å².